The van der Waals surface area contributed by atoms with Crippen molar-refractivity contribution in [2.45, 2.75) is 26.4 Å². The van der Waals surface area contributed by atoms with Crippen molar-refractivity contribution in [3.8, 4) is 11.3 Å². The monoisotopic (exact) mass is 380 g/mol. The second-order valence-corrected chi connectivity index (χ2v) is 7.66. The van der Waals surface area contributed by atoms with E-state index in [-0.39, 0.29) is 5.91 Å². The third-order valence-electron chi connectivity index (χ3n) is 3.94. The molecule has 0 saturated heterocycles. The minimum absolute atomic E-state index is 0.137. The van der Waals surface area contributed by atoms with E-state index in [1.54, 1.807) is 57.7 Å². The topological polar surface area (TPSA) is 75.9 Å². The second kappa shape index (κ2) is 7.34. The lowest BCUT2D eigenvalue weighted by Crippen LogP contribution is -2.27. The zero-order valence-corrected chi connectivity index (χ0v) is 16.7. The number of carbonyl (C=O) groups excluding carboxylic acids is 2. The predicted octanol–water partition coefficient (Wildman–Crippen LogP) is 4.05. The number of amides is 2. The Balaban J connectivity index is 2.05. The Morgan fingerprint density at radius 2 is 1.75 bits per heavy atom. The SMILES string of the molecule is CN(C)C(=O)c1c(-c2ccccc2)nn2cc(NC(=O)OC(C)(C)C)ccc12. The minimum Gasteiger partial charge on any atom is -0.444 e. The van der Waals surface area contributed by atoms with E-state index >= 15 is 0 Å². The van der Waals surface area contributed by atoms with E-state index < -0.39 is 11.7 Å². The zero-order chi connectivity index (χ0) is 20.5. The summed E-state index contributed by atoms with van der Waals surface area (Å²) < 4.78 is 6.88. The number of nitrogens with zero attached hydrogens (tertiary/aromatic N) is 3. The molecular formula is C21H24N4O3. The summed E-state index contributed by atoms with van der Waals surface area (Å²) in [6.45, 7) is 5.40. The van der Waals surface area contributed by atoms with Gasteiger partial charge in [-0.25, -0.2) is 9.31 Å². The number of aromatic nitrogens is 2. The lowest BCUT2D eigenvalue weighted by Gasteiger charge is -2.19. The van der Waals surface area contributed by atoms with Crippen LogP contribution in [0.15, 0.2) is 48.7 Å². The smallest absolute Gasteiger partial charge is 0.412 e. The van der Waals surface area contributed by atoms with Gasteiger partial charge in [0.15, 0.2) is 0 Å². The number of ether oxygens (including phenoxy) is 1. The molecule has 3 aromatic rings. The fourth-order valence-electron chi connectivity index (χ4n) is 2.78. The summed E-state index contributed by atoms with van der Waals surface area (Å²) in [5, 5.41) is 7.30. The van der Waals surface area contributed by atoms with Crippen molar-refractivity contribution in [3.63, 3.8) is 0 Å². The van der Waals surface area contributed by atoms with Crippen LogP contribution >= 0.6 is 0 Å². The molecular weight excluding hydrogens is 356 g/mol. The summed E-state index contributed by atoms with van der Waals surface area (Å²) in [5.74, 6) is -0.137. The van der Waals surface area contributed by atoms with Crippen LogP contribution in [0.1, 0.15) is 31.1 Å². The number of nitrogens with one attached hydrogen (secondary N) is 1. The van der Waals surface area contributed by atoms with Crippen LogP contribution in [0.4, 0.5) is 10.5 Å². The molecule has 0 saturated carbocycles. The molecule has 3 rings (SSSR count). The van der Waals surface area contributed by atoms with Gasteiger partial charge >= 0.3 is 6.09 Å². The molecule has 7 heteroatoms. The van der Waals surface area contributed by atoms with Crippen molar-refractivity contribution in [2.75, 3.05) is 19.4 Å². The molecule has 28 heavy (non-hydrogen) atoms. The third kappa shape index (κ3) is 4.14. The van der Waals surface area contributed by atoms with Gasteiger partial charge in [-0.3, -0.25) is 10.1 Å². The number of fused-ring (bicyclic) bond motifs is 1. The van der Waals surface area contributed by atoms with Gasteiger partial charge in [-0.15, -0.1) is 0 Å². The fourth-order valence-corrected chi connectivity index (χ4v) is 2.78. The molecule has 0 spiro atoms. The lowest BCUT2D eigenvalue weighted by molar-refractivity contribution is 0.0635. The van der Waals surface area contributed by atoms with Crippen molar-refractivity contribution < 1.29 is 14.3 Å². The van der Waals surface area contributed by atoms with Gasteiger partial charge in [0.05, 0.1) is 23.0 Å². The molecule has 146 valence electrons. The van der Waals surface area contributed by atoms with Gasteiger partial charge in [0, 0.05) is 19.7 Å². The van der Waals surface area contributed by atoms with Crippen molar-refractivity contribution in [1.29, 1.82) is 0 Å². The normalized spacial score (nSPS) is 11.3. The van der Waals surface area contributed by atoms with E-state index in [4.69, 9.17) is 4.74 Å². The van der Waals surface area contributed by atoms with Crippen molar-refractivity contribution >= 4 is 23.2 Å². The Labute approximate surface area is 163 Å². The van der Waals surface area contributed by atoms with Crippen LogP contribution in [-0.2, 0) is 4.74 Å². The Bertz CT molecular complexity index is 1020. The van der Waals surface area contributed by atoms with Crippen LogP contribution < -0.4 is 5.32 Å². The number of carbonyl (C=O) groups is 2. The summed E-state index contributed by atoms with van der Waals surface area (Å²) in [5.41, 5.74) is 2.54. The van der Waals surface area contributed by atoms with E-state index in [0.29, 0.717) is 22.5 Å². The molecule has 0 aliphatic heterocycles. The van der Waals surface area contributed by atoms with Crippen LogP contribution in [0, 0.1) is 0 Å². The summed E-state index contributed by atoms with van der Waals surface area (Å²) >= 11 is 0. The molecule has 0 fully saturated rings. The molecule has 0 radical (unpaired) electrons. The number of rotatable bonds is 3. The van der Waals surface area contributed by atoms with Crippen LogP contribution in [0.25, 0.3) is 16.8 Å². The van der Waals surface area contributed by atoms with Crippen molar-refractivity contribution in [3.05, 3.63) is 54.2 Å². The van der Waals surface area contributed by atoms with E-state index in [1.807, 2.05) is 30.3 Å². The van der Waals surface area contributed by atoms with Crippen LogP contribution in [0.3, 0.4) is 0 Å². The van der Waals surface area contributed by atoms with E-state index in [1.165, 1.54) is 4.90 Å². The Kier molecular flexibility index (Phi) is 5.09. The third-order valence-corrected chi connectivity index (χ3v) is 3.94. The predicted molar refractivity (Wildman–Crippen MR) is 109 cm³/mol. The maximum atomic E-state index is 12.8. The minimum atomic E-state index is -0.592. The van der Waals surface area contributed by atoms with Gasteiger partial charge < -0.3 is 9.64 Å². The van der Waals surface area contributed by atoms with E-state index in [2.05, 4.69) is 10.4 Å². The highest BCUT2D eigenvalue weighted by molar-refractivity contribution is 6.06. The average Bonchev–Trinajstić information content (AvgIpc) is 2.98. The molecule has 1 N–H and O–H groups in total. The first kappa shape index (κ1) is 19.4. The number of hydrogen-bond acceptors (Lipinski definition) is 4. The average molecular weight is 380 g/mol. The summed E-state index contributed by atoms with van der Waals surface area (Å²) in [6, 6.07) is 13.0. The first-order valence-electron chi connectivity index (χ1n) is 8.95. The number of benzene rings is 1. The Morgan fingerprint density at radius 3 is 2.36 bits per heavy atom. The molecule has 2 aromatic heterocycles. The van der Waals surface area contributed by atoms with Gasteiger partial charge in [-0.2, -0.15) is 5.10 Å². The number of anilines is 1. The molecule has 0 aliphatic rings. The maximum Gasteiger partial charge on any atom is 0.412 e. The molecule has 1 aromatic carbocycles. The lowest BCUT2D eigenvalue weighted by atomic mass is 10.1. The van der Waals surface area contributed by atoms with Crippen molar-refractivity contribution in [2.24, 2.45) is 0 Å². The van der Waals surface area contributed by atoms with Crippen molar-refractivity contribution in [1.82, 2.24) is 14.5 Å². The highest BCUT2D eigenvalue weighted by Gasteiger charge is 2.23. The van der Waals surface area contributed by atoms with Gasteiger partial charge in [0.1, 0.15) is 11.3 Å². The first-order chi connectivity index (χ1) is 13.2. The fraction of sp³-hybridized carbons (Fsp3) is 0.286. The van der Waals surface area contributed by atoms with E-state index in [0.717, 1.165) is 5.56 Å². The molecule has 0 unspecified atom stereocenters. The molecule has 7 nitrogen and oxygen atoms in total. The van der Waals surface area contributed by atoms with Crippen LogP contribution in [0.5, 0.6) is 0 Å². The molecule has 0 atom stereocenters. The largest absolute Gasteiger partial charge is 0.444 e. The Morgan fingerprint density at radius 1 is 1.07 bits per heavy atom. The zero-order valence-electron chi connectivity index (χ0n) is 16.7. The molecule has 0 bridgehead atoms. The summed E-state index contributed by atoms with van der Waals surface area (Å²) in [6.07, 6.45) is 1.12. The summed E-state index contributed by atoms with van der Waals surface area (Å²) in [7, 11) is 3.41. The second-order valence-electron chi connectivity index (χ2n) is 7.66. The molecule has 2 heterocycles. The number of pyridine rings is 1. The molecule has 0 aliphatic carbocycles. The quantitative estimate of drug-likeness (QED) is 0.744. The number of hydrogen-bond donors (Lipinski definition) is 1. The van der Waals surface area contributed by atoms with Crippen LogP contribution in [-0.4, -0.2) is 46.2 Å². The van der Waals surface area contributed by atoms with Crippen LogP contribution in [0.2, 0.25) is 0 Å². The van der Waals surface area contributed by atoms with E-state index in [9.17, 15) is 9.59 Å². The maximum absolute atomic E-state index is 12.8. The van der Waals surface area contributed by atoms with Gasteiger partial charge in [-0.05, 0) is 32.9 Å². The van der Waals surface area contributed by atoms with Gasteiger partial charge in [-0.1, -0.05) is 30.3 Å². The van der Waals surface area contributed by atoms with Gasteiger partial charge in [0.25, 0.3) is 5.91 Å². The molecule has 2 amide bonds. The highest BCUT2D eigenvalue weighted by Crippen LogP contribution is 2.28. The Hall–Kier alpha value is -3.35. The highest BCUT2D eigenvalue weighted by atomic mass is 16.6. The summed E-state index contributed by atoms with van der Waals surface area (Å²) in [4.78, 5) is 26.4. The first-order valence-corrected chi connectivity index (χ1v) is 8.95. The van der Waals surface area contributed by atoms with Gasteiger partial charge in [0.2, 0.25) is 0 Å². The standard InChI is InChI=1S/C21H24N4O3/c1-21(2,3)28-20(27)22-15-11-12-16-17(19(26)24(4)5)18(23-25(16)13-15)14-9-7-6-8-10-14/h6-13H,1-5H3,(H,22,27).